The lowest BCUT2D eigenvalue weighted by Gasteiger charge is -2.27. The van der Waals surface area contributed by atoms with Crippen LogP contribution in [0.15, 0.2) is 24.3 Å². The summed E-state index contributed by atoms with van der Waals surface area (Å²) in [5.41, 5.74) is 0.903. The highest BCUT2D eigenvalue weighted by Crippen LogP contribution is 2.49. The van der Waals surface area contributed by atoms with Crippen molar-refractivity contribution in [3.63, 3.8) is 0 Å². The molecule has 1 saturated carbocycles. The molecule has 3 rings (SSSR count). The van der Waals surface area contributed by atoms with Crippen molar-refractivity contribution in [2.75, 3.05) is 33.4 Å². The van der Waals surface area contributed by atoms with Crippen LogP contribution in [0.25, 0.3) is 0 Å². The molecule has 0 spiro atoms. The van der Waals surface area contributed by atoms with Gasteiger partial charge in [0.05, 0.1) is 13.2 Å². The summed E-state index contributed by atoms with van der Waals surface area (Å²) in [6, 6.07) is 7.51. The third kappa shape index (κ3) is 2.72. The molecule has 4 heteroatoms. The molecular formula is C18H25NO3. The van der Waals surface area contributed by atoms with Gasteiger partial charge in [-0.05, 0) is 43.9 Å². The van der Waals surface area contributed by atoms with Crippen molar-refractivity contribution in [3.8, 4) is 5.75 Å². The highest BCUT2D eigenvalue weighted by molar-refractivity contribution is 5.94. The number of hydrogen-bond donors (Lipinski definition) is 0. The van der Waals surface area contributed by atoms with Crippen molar-refractivity contribution in [2.45, 2.75) is 26.2 Å². The predicted molar refractivity (Wildman–Crippen MR) is 85.2 cm³/mol. The van der Waals surface area contributed by atoms with Gasteiger partial charge in [-0.3, -0.25) is 4.79 Å². The molecule has 120 valence electrons. The van der Waals surface area contributed by atoms with E-state index in [9.17, 15) is 4.79 Å². The number of amides is 1. The Hall–Kier alpha value is -1.55. The molecule has 2 aliphatic rings. The Labute approximate surface area is 132 Å². The van der Waals surface area contributed by atoms with Crippen LogP contribution < -0.4 is 4.74 Å². The monoisotopic (exact) mass is 303 g/mol. The fraction of sp³-hybridized carbons (Fsp3) is 0.611. The van der Waals surface area contributed by atoms with Gasteiger partial charge in [0.15, 0.2) is 0 Å². The first-order valence-electron chi connectivity index (χ1n) is 8.19. The maximum atomic E-state index is 12.8. The van der Waals surface area contributed by atoms with Gasteiger partial charge in [0.2, 0.25) is 0 Å². The van der Waals surface area contributed by atoms with Gasteiger partial charge in [0.1, 0.15) is 5.75 Å². The second-order valence-corrected chi connectivity index (χ2v) is 6.53. The van der Waals surface area contributed by atoms with E-state index in [1.807, 2.05) is 36.1 Å². The first kappa shape index (κ1) is 15.3. The van der Waals surface area contributed by atoms with Gasteiger partial charge >= 0.3 is 0 Å². The van der Waals surface area contributed by atoms with E-state index >= 15 is 0 Å². The quantitative estimate of drug-likeness (QED) is 0.839. The van der Waals surface area contributed by atoms with Crippen LogP contribution in [-0.2, 0) is 4.74 Å². The molecule has 1 aliphatic carbocycles. The summed E-state index contributed by atoms with van der Waals surface area (Å²) in [5, 5.41) is 0. The number of methoxy groups -OCH3 is 1. The highest BCUT2D eigenvalue weighted by Gasteiger charge is 2.50. The fourth-order valence-corrected chi connectivity index (χ4v) is 4.16. The first-order valence-corrected chi connectivity index (χ1v) is 8.19. The summed E-state index contributed by atoms with van der Waals surface area (Å²) in [7, 11) is 1.76. The molecular weight excluding hydrogens is 278 g/mol. The van der Waals surface area contributed by atoms with Crippen LogP contribution in [0.4, 0.5) is 0 Å². The average Bonchev–Trinajstić information content (AvgIpc) is 3.04. The maximum Gasteiger partial charge on any atom is 0.254 e. The van der Waals surface area contributed by atoms with Crippen LogP contribution in [-0.4, -0.2) is 44.2 Å². The summed E-state index contributed by atoms with van der Waals surface area (Å²) in [4.78, 5) is 14.8. The van der Waals surface area contributed by atoms with E-state index in [1.165, 1.54) is 19.3 Å². The van der Waals surface area contributed by atoms with Gasteiger partial charge in [-0.15, -0.1) is 0 Å². The normalized spacial score (nSPS) is 27.0. The number of carbonyl (C=O) groups excluding carboxylic acids is 1. The number of ether oxygens (including phenoxy) is 2. The van der Waals surface area contributed by atoms with Crippen LogP contribution in [0, 0.1) is 11.3 Å². The maximum absolute atomic E-state index is 12.8. The zero-order valence-corrected chi connectivity index (χ0v) is 13.5. The molecule has 0 radical (unpaired) electrons. The number of likely N-dealkylation sites (tertiary alicyclic amines) is 1. The van der Waals surface area contributed by atoms with Gasteiger partial charge in [-0.2, -0.15) is 0 Å². The molecule has 2 fully saturated rings. The van der Waals surface area contributed by atoms with Crippen molar-refractivity contribution in [3.05, 3.63) is 29.8 Å². The van der Waals surface area contributed by atoms with Crippen molar-refractivity contribution in [2.24, 2.45) is 11.3 Å². The molecule has 1 aromatic rings. The number of hydrogen-bond acceptors (Lipinski definition) is 3. The minimum atomic E-state index is 0.117. The zero-order chi connectivity index (χ0) is 15.6. The Bertz CT molecular complexity index is 545. The van der Waals surface area contributed by atoms with E-state index < -0.39 is 0 Å². The molecule has 1 saturated heterocycles. The SMILES string of the molecule is CCOc1cccc(C(=O)N2C[C@H]3CCC[C@@]3(COC)C2)c1. The number of benzene rings is 1. The number of fused-ring (bicyclic) bond motifs is 1. The summed E-state index contributed by atoms with van der Waals surface area (Å²) >= 11 is 0. The van der Waals surface area contributed by atoms with E-state index in [0.717, 1.165) is 31.0 Å². The van der Waals surface area contributed by atoms with E-state index in [4.69, 9.17) is 9.47 Å². The average molecular weight is 303 g/mol. The van der Waals surface area contributed by atoms with E-state index in [1.54, 1.807) is 7.11 Å². The topological polar surface area (TPSA) is 38.8 Å². The largest absolute Gasteiger partial charge is 0.494 e. The Morgan fingerprint density at radius 2 is 2.32 bits per heavy atom. The van der Waals surface area contributed by atoms with Gasteiger partial charge in [-0.25, -0.2) is 0 Å². The third-order valence-electron chi connectivity index (χ3n) is 5.15. The fourth-order valence-electron chi connectivity index (χ4n) is 4.16. The number of rotatable bonds is 5. The molecule has 1 amide bonds. The third-order valence-corrected chi connectivity index (χ3v) is 5.15. The zero-order valence-electron chi connectivity index (χ0n) is 13.5. The predicted octanol–water partition coefficient (Wildman–Crippen LogP) is 2.97. The Balaban J connectivity index is 1.75. The van der Waals surface area contributed by atoms with Gasteiger partial charge in [-0.1, -0.05) is 12.5 Å². The lowest BCUT2D eigenvalue weighted by molar-refractivity contribution is 0.0625. The van der Waals surface area contributed by atoms with Gasteiger partial charge in [0, 0.05) is 31.2 Å². The molecule has 1 aromatic carbocycles. The first-order chi connectivity index (χ1) is 10.7. The molecule has 0 unspecified atom stereocenters. The molecule has 1 heterocycles. The summed E-state index contributed by atoms with van der Waals surface area (Å²) in [6.45, 7) is 5.01. The summed E-state index contributed by atoms with van der Waals surface area (Å²) in [6.07, 6.45) is 3.65. The second-order valence-electron chi connectivity index (χ2n) is 6.53. The molecule has 22 heavy (non-hydrogen) atoms. The minimum absolute atomic E-state index is 0.117. The number of nitrogens with zero attached hydrogens (tertiary/aromatic N) is 1. The van der Waals surface area contributed by atoms with E-state index in [0.29, 0.717) is 12.5 Å². The molecule has 0 N–H and O–H groups in total. The van der Waals surface area contributed by atoms with Crippen molar-refractivity contribution >= 4 is 5.91 Å². The Kier molecular flexibility index (Phi) is 4.39. The van der Waals surface area contributed by atoms with Crippen LogP contribution in [0.5, 0.6) is 5.75 Å². The van der Waals surface area contributed by atoms with Crippen molar-refractivity contribution < 1.29 is 14.3 Å². The summed E-state index contributed by atoms with van der Waals surface area (Å²) in [5.74, 6) is 1.47. The molecule has 1 aliphatic heterocycles. The molecule has 0 bridgehead atoms. The van der Waals surface area contributed by atoms with Crippen molar-refractivity contribution in [1.82, 2.24) is 4.90 Å². The second kappa shape index (κ2) is 6.29. The van der Waals surface area contributed by atoms with Crippen molar-refractivity contribution in [1.29, 1.82) is 0 Å². The highest BCUT2D eigenvalue weighted by atomic mass is 16.5. The smallest absolute Gasteiger partial charge is 0.254 e. The van der Waals surface area contributed by atoms with Crippen LogP contribution in [0.3, 0.4) is 0 Å². The van der Waals surface area contributed by atoms with E-state index in [2.05, 4.69) is 0 Å². The van der Waals surface area contributed by atoms with Crippen LogP contribution >= 0.6 is 0 Å². The van der Waals surface area contributed by atoms with Crippen LogP contribution in [0.1, 0.15) is 36.5 Å². The van der Waals surface area contributed by atoms with Gasteiger partial charge < -0.3 is 14.4 Å². The summed E-state index contributed by atoms with van der Waals surface area (Å²) < 4.78 is 11.0. The van der Waals surface area contributed by atoms with E-state index in [-0.39, 0.29) is 11.3 Å². The molecule has 0 aromatic heterocycles. The number of carbonyl (C=O) groups is 1. The molecule has 2 atom stereocenters. The Morgan fingerprint density at radius 3 is 3.09 bits per heavy atom. The van der Waals surface area contributed by atoms with Crippen LogP contribution in [0.2, 0.25) is 0 Å². The standard InChI is InChI=1S/C18H25NO3/c1-3-22-16-8-4-6-14(10-16)17(20)19-11-15-7-5-9-18(15,12-19)13-21-2/h4,6,8,10,15H,3,5,7,9,11-13H2,1-2H3/t15-,18+/m1/s1. The lowest BCUT2D eigenvalue weighted by atomic mass is 9.82. The minimum Gasteiger partial charge on any atom is -0.494 e. The lowest BCUT2D eigenvalue weighted by Crippen LogP contribution is -2.34. The van der Waals surface area contributed by atoms with Gasteiger partial charge in [0.25, 0.3) is 5.91 Å². The Morgan fingerprint density at radius 1 is 1.45 bits per heavy atom. The molecule has 4 nitrogen and oxygen atoms in total.